The smallest absolute Gasteiger partial charge is 0.235 e. The molecule has 3 rings (SSSR count). The van der Waals surface area contributed by atoms with Crippen molar-refractivity contribution in [2.45, 2.75) is 37.8 Å². The molecule has 0 aromatic carbocycles. The highest BCUT2D eigenvalue weighted by Gasteiger charge is 2.24. The molecular formula is C14H19N3OS. The largest absolute Gasteiger partial charge is 0.473 e. The van der Waals surface area contributed by atoms with Gasteiger partial charge < -0.3 is 9.64 Å². The van der Waals surface area contributed by atoms with Gasteiger partial charge in [0.25, 0.3) is 0 Å². The number of rotatable bonds is 3. The van der Waals surface area contributed by atoms with Crippen molar-refractivity contribution in [2.75, 3.05) is 14.1 Å². The summed E-state index contributed by atoms with van der Waals surface area (Å²) < 4.78 is 7.16. The Morgan fingerprint density at radius 1 is 1.21 bits per heavy atom. The fourth-order valence-corrected chi connectivity index (χ4v) is 3.46. The third kappa shape index (κ3) is 2.72. The SMILES string of the molecule is CN(C)C1CCC(Oc2ncnc3ccsc23)CC1. The molecule has 19 heavy (non-hydrogen) atoms. The highest BCUT2D eigenvalue weighted by Crippen LogP contribution is 2.30. The monoisotopic (exact) mass is 277 g/mol. The Morgan fingerprint density at radius 2 is 2.00 bits per heavy atom. The topological polar surface area (TPSA) is 38.2 Å². The molecule has 1 fully saturated rings. The van der Waals surface area contributed by atoms with Gasteiger partial charge in [0.2, 0.25) is 5.88 Å². The molecule has 0 radical (unpaired) electrons. The van der Waals surface area contributed by atoms with Crippen LogP contribution in [0.5, 0.6) is 5.88 Å². The molecular weight excluding hydrogens is 258 g/mol. The molecule has 4 nitrogen and oxygen atoms in total. The van der Waals surface area contributed by atoms with Crippen molar-refractivity contribution in [3.8, 4) is 5.88 Å². The Kier molecular flexibility index (Phi) is 3.66. The second-order valence-corrected chi connectivity index (χ2v) is 6.24. The third-order valence-corrected chi connectivity index (χ3v) is 4.75. The molecule has 0 atom stereocenters. The van der Waals surface area contributed by atoms with E-state index in [4.69, 9.17) is 4.74 Å². The summed E-state index contributed by atoms with van der Waals surface area (Å²) in [6, 6.07) is 2.71. The Bertz CT molecular complexity index is 546. The first kappa shape index (κ1) is 12.8. The average molecular weight is 277 g/mol. The minimum absolute atomic E-state index is 0.302. The zero-order chi connectivity index (χ0) is 13.2. The lowest BCUT2D eigenvalue weighted by atomic mass is 9.92. The quantitative estimate of drug-likeness (QED) is 0.864. The van der Waals surface area contributed by atoms with E-state index in [9.17, 15) is 0 Å². The van der Waals surface area contributed by atoms with Gasteiger partial charge in [-0.25, -0.2) is 9.97 Å². The molecule has 1 aliphatic rings. The first-order valence-corrected chi connectivity index (χ1v) is 7.63. The van der Waals surface area contributed by atoms with Gasteiger partial charge >= 0.3 is 0 Å². The minimum atomic E-state index is 0.302. The Morgan fingerprint density at radius 3 is 2.74 bits per heavy atom. The highest BCUT2D eigenvalue weighted by atomic mass is 32.1. The van der Waals surface area contributed by atoms with Crippen LogP contribution < -0.4 is 4.74 Å². The molecule has 2 heterocycles. The summed E-state index contributed by atoms with van der Waals surface area (Å²) >= 11 is 1.65. The fraction of sp³-hybridized carbons (Fsp3) is 0.571. The molecule has 0 aliphatic heterocycles. The van der Waals surface area contributed by atoms with E-state index in [2.05, 4.69) is 29.0 Å². The minimum Gasteiger partial charge on any atom is -0.473 e. The zero-order valence-corrected chi connectivity index (χ0v) is 12.2. The standard InChI is InChI=1S/C14H19N3OS/c1-17(2)10-3-5-11(6-4-10)18-14-13-12(7-8-19-13)15-9-16-14/h7-11H,3-6H2,1-2H3. The summed E-state index contributed by atoms with van der Waals surface area (Å²) in [6.07, 6.45) is 6.53. The maximum absolute atomic E-state index is 6.10. The molecule has 1 saturated carbocycles. The van der Waals surface area contributed by atoms with Crippen LogP contribution in [0.3, 0.4) is 0 Å². The zero-order valence-electron chi connectivity index (χ0n) is 11.4. The van der Waals surface area contributed by atoms with Crippen LogP contribution in [0.2, 0.25) is 0 Å². The third-order valence-electron chi connectivity index (χ3n) is 3.86. The average Bonchev–Trinajstić information content (AvgIpc) is 2.89. The first-order valence-electron chi connectivity index (χ1n) is 6.75. The molecule has 2 aromatic rings. The van der Waals surface area contributed by atoms with Crippen LogP contribution in [0.4, 0.5) is 0 Å². The Labute approximate surface area is 117 Å². The summed E-state index contributed by atoms with van der Waals surface area (Å²) in [5, 5.41) is 2.04. The van der Waals surface area contributed by atoms with Crippen molar-refractivity contribution in [3.63, 3.8) is 0 Å². The van der Waals surface area contributed by atoms with Crippen LogP contribution in [0.25, 0.3) is 10.2 Å². The van der Waals surface area contributed by atoms with Gasteiger partial charge in [-0.05, 0) is 51.2 Å². The summed E-state index contributed by atoms with van der Waals surface area (Å²) in [5.41, 5.74) is 0.983. The number of fused-ring (bicyclic) bond motifs is 1. The number of hydrogen-bond acceptors (Lipinski definition) is 5. The molecule has 2 aromatic heterocycles. The van der Waals surface area contributed by atoms with Gasteiger partial charge in [0, 0.05) is 6.04 Å². The molecule has 0 unspecified atom stereocenters. The second-order valence-electron chi connectivity index (χ2n) is 5.33. The lowest BCUT2D eigenvalue weighted by Crippen LogP contribution is -2.35. The maximum Gasteiger partial charge on any atom is 0.235 e. The fourth-order valence-electron chi connectivity index (χ4n) is 2.69. The van der Waals surface area contributed by atoms with Gasteiger partial charge in [-0.15, -0.1) is 11.3 Å². The first-order chi connectivity index (χ1) is 9.24. The van der Waals surface area contributed by atoms with E-state index in [1.807, 2.05) is 11.4 Å². The van der Waals surface area contributed by atoms with Crippen LogP contribution in [0.15, 0.2) is 17.8 Å². The molecule has 5 heteroatoms. The van der Waals surface area contributed by atoms with Gasteiger partial charge in [0.1, 0.15) is 17.1 Å². The van der Waals surface area contributed by atoms with E-state index in [1.54, 1.807) is 17.7 Å². The van der Waals surface area contributed by atoms with Gasteiger partial charge in [0.15, 0.2) is 0 Å². The molecule has 0 amide bonds. The van der Waals surface area contributed by atoms with Crippen molar-refractivity contribution in [1.29, 1.82) is 0 Å². The Hall–Kier alpha value is -1.20. The van der Waals surface area contributed by atoms with Gasteiger partial charge in [-0.3, -0.25) is 0 Å². The van der Waals surface area contributed by atoms with Crippen LogP contribution in [0.1, 0.15) is 25.7 Å². The van der Waals surface area contributed by atoms with E-state index in [-0.39, 0.29) is 0 Å². The number of ether oxygens (including phenoxy) is 1. The van der Waals surface area contributed by atoms with E-state index in [1.165, 1.54) is 12.8 Å². The van der Waals surface area contributed by atoms with Crippen molar-refractivity contribution in [3.05, 3.63) is 17.8 Å². The number of aromatic nitrogens is 2. The predicted octanol–water partition coefficient (Wildman–Crippen LogP) is 2.94. The molecule has 0 saturated heterocycles. The lowest BCUT2D eigenvalue weighted by Gasteiger charge is -2.32. The van der Waals surface area contributed by atoms with Crippen molar-refractivity contribution < 1.29 is 4.74 Å². The van der Waals surface area contributed by atoms with Crippen molar-refractivity contribution >= 4 is 21.6 Å². The molecule has 0 bridgehead atoms. The van der Waals surface area contributed by atoms with Crippen molar-refractivity contribution in [1.82, 2.24) is 14.9 Å². The summed E-state index contributed by atoms with van der Waals surface area (Å²) in [5.74, 6) is 0.758. The summed E-state index contributed by atoms with van der Waals surface area (Å²) in [7, 11) is 4.32. The van der Waals surface area contributed by atoms with Crippen LogP contribution in [-0.2, 0) is 0 Å². The summed E-state index contributed by atoms with van der Waals surface area (Å²) in [6.45, 7) is 0. The normalized spacial score (nSPS) is 23.9. The van der Waals surface area contributed by atoms with Gasteiger partial charge in [0.05, 0.1) is 5.52 Å². The molecule has 0 N–H and O–H groups in total. The molecule has 0 spiro atoms. The van der Waals surface area contributed by atoms with Crippen LogP contribution in [-0.4, -0.2) is 41.1 Å². The number of hydrogen-bond donors (Lipinski definition) is 0. The van der Waals surface area contributed by atoms with E-state index in [0.29, 0.717) is 12.1 Å². The number of nitrogens with zero attached hydrogens (tertiary/aromatic N) is 3. The number of thiophene rings is 1. The maximum atomic E-state index is 6.10. The molecule has 102 valence electrons. The van der Waals surface area contributed by atoms with Gasteiger partial charge in [-0.1, -0.05) is 0 Å². The van der Waals surface area contributed by atoms with Crippen LogP contribution >= 0.6 is 11.3 Å². The predicted molar refractivity (Wildman–Crippen MR) is 77.8 cm³/mol. The summed E-state index contributed by atoms with van der Waals surface area (Å²) in [4.78, 5) is 10.9. The Balaban J connectivity index is 1.68. The van der Waals surface area contributed by atoms with E-state index < -0.39 is 0 Å². The highest BCUT2D eigenvalue weighted by molar-refractivity contribution is 7.17. The molecule has 1 aliphatic carbocycles. The van der Waals surface area contributed by atoms with E-state index in [0.717, 1.165) is 28.9 Å². The second kappa shape index (κ2) is 5.43. The van der Waals surface area contributed by atoms with Gasteiger partial charge in [-0.2, -0.15) is 0 Å². The van der Waals surface area contributed by atoms with E-state index >= 15 is 0 Å². The lowest BCUT2D eigenvalue weighted by molar-refractivity contribution is 0.109. The van der Waals surface area contributed by atoms with Crippen molar-refractivity contribution in [2.24, 2.45) is 0 Å². The van der Waals surface area contributed by atoms with Crippen LogP contribution in [0, 0.1) is 0 Å².